The number of halogens is 2. The molecule has 0 spiro atoms. The molecule has 0 radical (unpaired) electrons. The van der Waals surface area contributed by atoms with E-state index in [4.69, 9.17) is 17.3 Å². The maximum Gasteiger partial charge on any atom is 0.142 e. The summed E-state index contributed by atoms with van der Waals surface area (Å²) in [6.07, 6.45) is 0. The summed E-state index contributed by atoms with van der Waals surface area (Å²) in [5.41, 5.74) is 8.71. The Morgan fingerprint density at radius 1 is 1.22 bits per heavy atom. The standard InChI is InChI=1S/C14H13ClFNS/c1-9-2-5-14(13(17)6-9)18-8-10-3-4-11(15)12(16)7-10/h2-7H,8,17H2,1H3. The molecule has 0 aliphatic rings. The van der Waals surface area contributed by atoms with Crippen LogP contribution in [0.25, 0.3) is 0 Å². The smallest absolute Gasteiger partial charge is 0.142 e. The van der Waals surface area contributed by atoms with Crippen molar-refractivity contribution in [1.29, 1.82) is 0 Å². The SMILES string of the molecule is Cc1ccc(SCc2ccc(Cl)c(F)c2)c(N)c1. The summed E-state index contributed by atoms with van der Waals surface area (Å²) in [5.74, 6) is 0.285. The summed E-state index contributed by atoms with van der Waals surface area (Å²) >= 11 is 7.23. The van der Waals surface area contributed by atoms with Crippen molar-refractivity contribution in [3.63, 3.8) is 0 Å². The number of rotatable bonds is 3. The van der Waals surface area contributed by atoms with Gasteiger partial charge >= 0.3 is 0 Å². The molecule has 18 heavy (non-hydrogen) atoms. The molecule has 0 aliphatic carbocycles. The van der Waals surface area contributed by atoms with Crippen molar-refractivity contribution in [3.05, 3.63) is 58.4 Å². The molecule has 0 saturated carbocycles. The minimum Gasteiger partial charge on any atom is -0.398 e. The van der Waals surface area contributed by atoms with E-state index < -0.39 is 0 Å². The van der Waals surface area contributed by atoms with Gasteiger partial charge in [-0.2, -0.15) is 0 Å². The first-order chi connectivity index (χ1) is 8.56. The van der Waals surface area contributed by atoms with Crippen LogP contribution in [0.1, 0.15) is 11.1 Å². The van der Waals surface area contributed by atoms with E-state index in [1.54, 1.807) is 17.8 Å². The van der Waals surface area contributed by atoms with Crippen LogP contribution in [-0.2, 0) is 5.75 Å². The summed E-state index contributed by atoms with van der Waals surface area (Å²) < 4.78 is 13.3. The van der Waals surface area contributed by atoms with Gasteiger partial charge < -0.3 is 5.73 Å². The summed E-state index contributed by atoms with van der Waals surface area (Å²) in [5, 5.41) is 0.151. The van der Waals surface area contributed by atoms with Crippen LogP contribution < -0.4 is 5.73 Å². The highest BCUT2D eigenvalue weighted by atomic mass is 35.5. The third-order valence-electron chi connectivity index (χ3n) is 2.54. The van der Waals surface area contributed by atoms with Gasteiger partial charge in [0, 0.05) is 16.3 Å². The highest BCUT2D eigenvalue weighted by Crippen LogP contribution is 2.29. The van der Waals surface area contributed by atoms with Gasteiger partial charge in [0.2, 0.25) is 0 Å². The van der Waals surface area contributed by atoms with Crippen LogP contribution in [0.2, 0.25) is 5.02 Å². The topological polar surface area (TPSA) is 26.0 Å². The van der Waals surface area contributed by atoms with E-state index in [2.05, 4.69) is 0 Å². The monoisotopic (exact) mass is 281 g/mol. The van der Waals surface area contributed by atoms with Crippen LogP contribution in [0.15, 0.2) is 41.3 Å². The Balaban J connectivity index is 2.09. The lowest BCUT2D eigenvalue weighted by Gasteiger charge is -2.07. The Morgan fingerprint density at radius 2 is 2.00 bits per heavy atom. The molecule has 0 amide bonds. The van der Waals surface area contributed by atoms with Crippen molar-refractivity contribution in [3.8, 4) is 0 Å². The Bertz CT molecular complexity index is 572. The molecule has 2 N–H and O–H groups in total. The minimum absolute atomic E-state index is 0.151. The number of benzene rings is 2. The summed E-state index contributed by atoms with van der Waals surface area (Å²) in [6.45, 7) is 2.00. The Kier molecular flexibility index (Phi) is 4.15. The molecule has 1 nitrogen and oxygen atoms in total. The van der Waals surface area contributed by atoms with Gasteiger partial charge in [-0.25, -0.2) is 4.39 Å². The van der Waals surface area contributed by atoms with E-state index in [0.29, 0.717) is 5.75 Å². The number of thioether (sulfide) groups is 1. The maximum atomic E-state index is 13.3. The van der Waals surface area contributed by atoms with E-state index in [0.717, 1.165) is 21.7 Å². The second-order valence-electron chi connectivity index (χ2n) is 4.08. The van der Waals surface area contributed by atoms with Crippen molar-refractivity contribution < 1.29 is 4.39 Å². The first kappa shape index (κ1) is 13.2. The van der Waals surface area contributed by atoms with E-state index >= 15 is 0 Å². The molecular formula is C14H13ClFNS. The lowest BCUT2D eigenvalue weighted by molar-refractivity contribution is 0.627. The van der Waals surface area contributed by atoms with Crippen LogP contribution in [0.5, 0.6) is 0 Å². The lowest BCUT2D eigenvalue weighted by Crippen LogP contribution is -1.90. The molecule has 0 saturated heterocycles. The van der Waals surface area contributed by atoms with Crippen molar-refractivity contribution in [2.45, 2.75) is 17.6 Å². The van der Waals surface area contributed by atoms with Gasteiger partial charge in [0.25, 0.3) is 0 Å². The molecule has 2 aromatic carbocycles. The van der Waals surface area contributed by atoms with Crippen LogP contribution in [0.3, 0.4) is 0 Å². The van der Waals surface area contributed by atoms with Crippen LogP contribution in [0, 0.1) is 12.7 Å². The van der Waals surface area contributed by atoms with Crippen LogP contribution >= 0.6 is 23.4 Å². The van der Waals surface area contributed by atoms with Gasteiger partial charge in [0.15, 0.2) is 0 Å². The average Bonchev–Trinajstić information content (AvgIpc) is 2.32. The maximum absolute atomic E-state index is 13.3. The van der Waals surface area contributed by atoms with Gasteiger partial charge in [-0.1, -0.05) is 23.7 Å². The molecular weight excluding hydrogens is 269 g/mol. The highest BCUT2D eigenvalue weighted by Gasteiger charge is 2.04. The zero-order chi connectivity index (χ0) is 13.1. The van der Waals surface area contributed by atoms with E-state index in [1.165, 1.54) is 6.07 Å². The summed E-state index contributed by atoms with van der Waals surface area (Å²) in [4.78, 5) is 1.01. The molecule has 0 aliphatic heterocycles. The molecule has 0 bridgehead atoms. The van der Waals surface area contributed by atoms with Crippen molar-refractivity contribution in [2.24, 2.45) is 0 Å². The predicted molar refractivity (Wildman–Crippen MR) is 76.6 cm³/mol. The average molecular weight is 282 g/mol. The molecule has 0 atom stereocenters. The van der Waals surface area contributed by atoms with Gasteiger partial charge in [-0.15, -0.1) is 11.8 Å². The molecule has 2 aromatic rings. The van der Waals surface area contributed by atoms with Crippen LogP contribution in [-0.4, -0.2) is 0 Å². The second-order valence-corrected chi connectivity index (χ2v) is 5.50. The molecule has 94 valence electrons. The number of anilines is 1. The Labute approximate surface area is 115 Å². The van der Waals surface area contributed by atoms with Crippen molar-refractivity contribution >= 4 is 29.1 Å². The summed E-state index contributed by atoms with van der Waals surface area (Å²) in [7, 11) is 0. The second kappa shape index (κ2) is 5.63. The van der Waals surface area contributed by atoms with Gasteiger partial charge in [0.1, 0.15) is 5.82 Å². The molecule has 0 unspecified atom stereocenters. The quantitative estimate of drug-likeness (QED) is 0.654. The third-order valence-corrected chi connectivity index (χ3v) is 4.01. The normalized spacial score (nSPS) is 10.6. The Hall–Kier alpha value is -1.19. The number of nitrogens with two attached hydrogens (primary N) is 1. The third kappa shape index (κ3) is 3.18. The fourth-order valence-electron chi connectivity index (χ4n) is 1.59. The molecule has 0 aromatic heterocycles. The first-order valence-corrected chi connectivity index (χ1v) is 6.85. The number of hydrogen-bond acceptors (Lipinski definition) is 2. The largest absolute Gasteiger partial charge is 0.398 e. The van der Waals surface area contributed by atoms with Gasteiger partial charge in [-0.05, 0) is 42.3 Å². The first-order valence-electron chi connectivity index (χ1n) is 5.49. The molecule has 4 heteroatoms. The zero-order valence-corrected chi connectivity index (χ0v) is 11.5. The van der Waals surface area contributed by atoms with Gasteiger partial charge in [-0.3, -0.25) is 0 Å². The van der Waals surface area contributed by atoms with E-state index in [9.17, 15) is 4.39 Å². The van der Waals surface area contributed by atoms with Gasteiger partial charge in [0.05, 0.1) is 5.02 Å². The number of hydrogen-bond donors (Lipinski definition) is 1. The predicted octanol–water partition coefficient (Wildman–Crippen LogP) is 4.66. The molecule has 0 fully saturated rings. The number of nitrogen functional groups attached to an aromatic ring is 1. The number of aryl methyl sites for hydroxylation is 1. The fourth-order valence-corrected chi connectivity index (χ4v) is 2.60. The zero-order valence-electron chi connectivity index (χ0n) is 9.91. The molecule has 0 heterocycles. The Morgan fingerprint density at radius 3 is 2.67 bits per heavy atom. The minimum atomic E-state index is -0.383. The van der Waals surface area contributed by atoms with Crippen LogP contribution in [0.4, 0.5) is 10.1 Å². The van der Waals surface area contributed by atoms with Crippen molar-refractivity contribution in [1.82, 2.24) is 0 Å². The fraction of sp³-hybridized carbons (Fsp3) is 0.143. The van der Waals surface area contributed by atoms with Crippen molar-refractivity contribution in [2.75, 3.05) is 5.73 Å². The van der Waals surface area contributed by atoms with E-state index in [-0.39, 0.29) is 10.8 Å². The van der Waals surface area contributed by atoms with E-state index in [1.807, 2.05) is 31.2 Å². The lowest BCUT2D eigenvalue weighted by atomic mass is 10.2. The highest BCUT2D eigenvalue weighted by molar-refractivity contribution is 7.98. The summed E-state index contributed by atoms with van der Waals surface area (Å²) in [6, 6.07) is 10.8. The molecule has 2 rings (SSSR count).